The number of para-hydroxylation sites is 1. The van der Waals surface area contributed by atoms with Crippen LogP contribution in [0, 0.1) is 0 Å². The van der Waals surface area contributed by atoms with Crippen molar-refractivity contribution in [3.05, 3.63) is 66.1 Å². The van der Waals surface area contributed by atoms with E-state index in [4.69, 9.17) is 4.74 Å². The SMILES string of the molecule is C[C@H](OC(=O)c1cccnc1)C(=O)c1c[nH]c2ccccc12. The molecule has 0 amide bonds. The summed E-state index contributed by atoms with van der Waals surface area (Å²) >= 11 is 0. The summed E-state index contributed by atoms with van der Waals surface area (Å²) in [6, 6.07) is 10.7. The molecule has 0 bridgehead atoms. The molecule has 2 aromatic heterocycles. The van der Waals surface area contributed by atoms with Gasteiger partial charge in [-0.1, -0.05) is 18.2 Å². The molecule has 3 aromatic rings. The fourth-order valence-corrected chi connectivity index (χ4v) is 2.26. The fourth-order valence-electron chi connectivity index (χ4n) is 2.26. The van der Waals surface area contributed by atoms with Gasteiger partial charge in [0.25, 0.3) is 0 Å². The van der Waals surface area contributed by atoms with Gasteiger partial charge in [0, 0.05) is 35.1 Å². The van der Waals surface area contributed by atoms with Crippen LogP contribution in [0.2, 0.25) is 0 Å². The molecule has 0 saturated heterocycles. The molecule has 1 atom stereocenters. The maximum Gasteiger partial charge on any atom is 0.340 e. The van der Waals surface area contributed by atoms with Crippen LogP contribution < -0.4 is 0 Å². The number of H-pyrrole nitrogens is 1. The highest BCUT2D eigenvalue weighted by Crippen LogP contribution is 2.20. The van der Waals surface area contributed by atoms with Gasteiger partial charge in [0.1, 0.15) is 0 Å². The van der Waals surface area contributed by atoms with Crippen molar-refractivity contribution in [3.8, 4) is 0 Å². The molecule has 0 spiro atoms. The van der Waals surface area contributed by atoms with Crippen molar-refractivity contribution in [2.24, 2.45) is 0 Å². The number of ketones is 1. The maximum absolute atomic E-state index is 12.5. The van der Waals surface area contributed by atoms with Gasteiger partial charge >= 0.3 is 5.97 Å². The summed E-state index contributed by atoms with van der Waals surface area (Å²) in [4.78, 5) is 31.3. The quantitative estimate of drug-likeness (QED) is 0.593. The van der Waals surface area contributed by atoms with E-state index in [1.54, 1.807) is 31.5 Å². The Morgan fingerprint density at radius 1 is 1.18 bits per heavy atom. The van der Waals surface area contributed by atoms with Gasteiger partial charge in [-0.2, -0.15) is 0 Å². The van der Waals surface area contributed by atoms with Crippen LogP contribution in [0.25, 0.3) is 10.9 Å². The van der Waals surface area contributed by atoms with Crippen LogP contribution in [0.4, 0.5) is 0 Å². The Morgan fingerprint density at radius 2 is 2.00 bits per heavy atom. The summed E-state index contributed by atoms with van der Waals surface area (Å²) in [5.41, 5.74) is 1.71. The zero-order valence-electron chi connectivity index (χ0n) is 11.9. The van der Waals surface area contributed by atoms with Crippen LogP contribution >= 0.6 is 0 Å². The summed E-state index contributed by atoms with van der Waals surface area (Å²) in [6.07, 6.45) is 3.75. The Kier molecular flexibility index (Phi) is 3.70. The number of hydrogen-bond acceptors (Lipinski definition) is 4. The monoisotopic (exact) mass is 294 g/mol. The number of esters is 1. The molecule has 0 radical (unpaired) electrons. The molecule has 110 valence electrons. The molecule has 0 aliphatic rings. The summed E-state index contributed by atoms with van der Waals surface area (Å²) < 4.78 is 5.23. The van der Waals surface area contributed by atoms with E-state index in [0.29, 0.717) is 11.1 Å². The van der Waals surface area contributed by atoms with Crippen LogP contribution in [-0.4, -0.2) is 27.8 Å². The van der Waals surface area contributed by atoms with Crippen molar-refractivity contribution in [1.82, 2.24) is 9.97 Å². The number of ether oxygens (including phenoxy) is 1. The molecule has 0 aliphatic carbocycles. The third kappa shape index (κ3) is 2.61. The lowest BCUT2D eigenvalue weighted by Crippen LogP contribution is -2.24. The number of aromatic nitrogens is 2. The van der Waals surface area contributed by atoms with Crippen LogP contribution in [-0.2, 0) is 4.74 Å². The molecule has 1 aromatic carbocycles. The molecule has 0 fully saturated rings. The number of carbonyl (C=O) groups excluding carboxylic acids is 2. The summed E-state index contributed by atoms with van der Waals surface area (Å²) in [6.45, 7) is 1.57. The summed E-state index contributed by atoms with van der Waals surface area (Å²) in [7, 11) is 0. The Balaban J connectivity index is 1.79. The van der Waals surface area contributed by atoms with Gasteiger partial charge in [-0.05, 0) is 25.1 Å². The average molecular weight is 294 g/mol. The van der Waals surface area contributed by atoms with Gasteiger partial charge in [0.15, 0.2) is 6.10 Å². The molecular formula is C17H14N2O3. The van der Waals surface area contributed by atoms with Crippen LogP contribution in [0.1, 0.15) is 27.6 Å². The Hall–Kier alpha value is -2.95. The van der Waals surface area contributed by atoms with Crippen LogP contribution in [0.3, 0.4) is 0 Å². The summed E-state index contributed by atoms with van der Waals surface area (Å²) in [5, 5.41) is 0.816. The van der Waals surface area contributed by atoms with E-state index in [9.17, 15) is 9.59 Å². The minimum atomic E-state index is -0.869. The lowest BCUT2D eigenvalue weighted by Gasteiger charge is -2.11. The average Bonchev–Trinajstić information content (AvgIpc) is 2.99. The predicted molar refractivity (Wildman–Crippen MR) is 81.7 cm³/mol. The topological polar surface area (TPSA) is 72.0 Å². The van der Waals surface area contributed by atoms with E-state index in [0.717, 1.165) is 10.9 Å². The highest BCUT2D eigenvalue weighted by Gasteiger charge is 2.22. The van der Waals surface area contributed by atoms with Crippen LogP contribution in [0.15, 0.2) is 55.0 Å². The number of pyridine rings is 1. The Labute approximate surface area is 126 Å². The molecular weight excluding hydrogens is 280 g/mol. The number of benzene rings is 1. The number of nitrogens with one attached hydrogen (secondary N) is 1. The van der Waals surface area contributed by atoms with Crippen molar-refractivity contribution in [2.45, 2.75) is 13.0 Å². The first kappa shape index (κ1) is 14.0. The molecule has 5 nitrogen and oxygen atoms in total. The van der Waals surface area contributed by atoms with E-state index in [1.807, 2.05) is 24.3 Å². The molecule has 0 unspecified atom stereocenters. The highest BCUT2D eigenvalue weighted by molar-refractivity contribution is 6.10. The smallest absolute Gasteiger partial charge is 0.340 e. The lowest BCUT2D eigenvalue weighted by atomic mass is 10.1. The number of rotatable bonds is 4. The number of hydrogen-bond donors (Lipinski definition) is 1. The van der Waals surface area contributed by atoms with Crippen molar-refractivity contribution >= 4 is 22.7 Å². The normalized spacial score (nSPS) is 12.0. The lowest BCUT2D eigenvalue weighted by molar-refractivity contribution is 0.0319. The van der Waals surface area contributed by atoms with Crippen molar-refractivity contribution in [1.29, 1.82) is 0 Å². The number of fused-ring (bicyclic) bond motifs is 1. The fraction of sp³-hybridized carbons (Fsp3) is 0.118. The number of aromatic amines is 1. The first-order valence-electron chi connectivity index (χ1n) is 6.88. The second-order valence-corrected chi connectivity index (χ2v) is 4.90. The van der Waals surface area contributed by atoms with Crippen LogP contribution in [0.5, 0.6) is 0 Å². The summed E-state index contributed by atoms with van der Waals surface area (Å²) in [5.74, 6) is -0.802. The standard InChI is InChI=1S/C17H14N2O3/c1-11(22-17(21)12-5-4-8-18-9-12)16(20)14-10-19-15-7-3-2-6-13(14)15/h2-11,19H,1H3/t11-/m0/s1. The van der Waals surface area contributed by atoms with Crippen molar-refractivity contribution in [3.63, 3.8) is 0 Å². The molecule has 2 heterocycles. The van der Waals surface area contributed by atoms with Gasteiger partial charge in [0.2, 0.25) is 5.78 Å². The van der Waals surface area contributed by atoms with E-state index < -0.39 is 12.1 Å². The molecule has 1 N–H and O–H groups in total. The molecule has 5 heteroatoms. The van der Waals surface area contributed by atoms with Crippen molar-refractivity contribution < 1.29 is 14.3 Å². The van der Waals surface area contributed by atoms with Gasteiger partial charge in [0.05, 0.1) is 5.56 Å². The Morgan fingerprint density at radius 3 is 2.77 bits per heavy atom. The number of nitrogens with zero attached hydrogens (tertiary/aromatic N) is 1. The van der Waals surface area contributed by atoms with E-state index in [-0.39, 0.29) is 5.78 Å². The second-order valence-electron chi connectivity index (χ2n) is 4.90. The Bertz CT molecular complexity index is 824. The van der Waals surface area contributed by atoms with Gasteiger partial charge in [-0.3, -0.25) is 9.78 Å². The highest BCUT2D eigenvalue weighted by atomic mass is 16.5. The zero-order chi connectivity index (χ0) is 15.5. The first-order chi connectivity index (χ1) is 10.7. The largest absolute Gasteiger partial charge is 0.451 e. The minimum absolute atomic E-state index is 0.241. The first-order valence-corrected chi connectivity index (χ1v) is 6.88. The predicted octanol–water partition coefficient (Wildman–Crippen LogP) is 2.99. The van der Waals surface area contributed by atoms with E-state index in [1.165, 1.54) is 6.20 Å². The minimum Gasteiger partial charge on any atom is -0.451 e. The maximum atomic E-state index is 12.5. The number of carbonyl (C=O) groups is 2. The third-order valence-corrected chi connectivity index (χ3v) is 3.40. The van der Waals surface area contributed by atoms with Crippen molar-refractivity contribution in [2.75, 3.05) is 0 Å². The van der Waals surface area contributed by atoms with Gasteiger partial charge in [-0.25, -0.2) is 4.79 Å². The van der Waals surface area contributed by atoms with Gasteiger partial charge < -0.3 is 9.72 Å². The third-order valence-electron chi connectivity index (χ3n) is 3.40. The van der Waals surface area contributed by atoms with E-state index in [2.05, 4.69) is 9.97 Å². The molecule has 0 saturated carbocycles. The zero-order valence-corrected chi connectivity index (χ0v) is 11.9. The molecule has 0 aliphatic heterocycles. The van der Waals surface area contributed by atoms with E-state index >= 15 is 0 Å². The van der Waals surface area contributed by atoms with Gasteiger partial charge in [-0.15, -0.1) is 0 Å². The molecule has 22 heavy (non-hydrogen) atoms. The second kappa shape index (κ2) is 5.81. The number of Topliss-reactive ketones (excluding diaryl/α,β-unsaturated/α-hetero) is 1. The molecule has 3 rings (SSSR count).